The quantitative estimate of drug-likeness (QED) is 0.177. The zero-order chi connectivity index (χ0) is 32.1. The van der Waals surface area contributed by atoms with Gasteiger partial charge in [0.15, 0.2) is 0 Å². The fourth-order valence-electron chi connectivity index (χ4n) is 6.70. The van der Waals surface area contributed by atoms with Crippen LogP contribution in [0.2, 0.25) is 0 Å². The first-order valence-electron chi connectivity index (χ1n) is 15.9. The van der Waals surface area contributed by atoms with E-state index in [4.69, 9.17) is 0 Å². The highest BCUT2D eigenvalue weighted by atomic mass is 14.6. The van der Waals surface area contributed by atoms with E-state index in [1.54, 1.807) is 0 Å². The van der Waals surface area contributed by atoms with Crippen LogP contribution in [0.3, 0.4) is 0 Å². The molecule has 48 heavy (non-hydrogen) atoms. The Kier molecular flexibility index (Phi) is 7.95. The predicted octanol–water partition coefficient (Wildman–Crippen LogP) is 9.24. The Hall–Kier alpha value is -6.40. The van der Waals surface area contributed by atoms with E-state index in [1.165, 1.54) is 22.3 Å². The van der Waals surface area contributed by atoms with E-state index in [2.05, 4.69) is 121 Å². The maximum atomic E-state index is 4.35. The topological polar surface area (TPSA) is 77.3 Å². The summed E-state index contributed by atoms with van der Waals surface area (Å²) >= 11 is 0. The van der Waals surface area contributed by atoms with Gasteiger partial charge in [0.05, 0.1) is 0 Å². The summed E-state index contributed by atoms with van der Waals surface area (Å²) in [5.41, 5.74) is 15.0. The second-order valence-corrected chi connectivity index (χ2v) is 11.7. The Labute approximate surface area is 279 Å². The first-order valence-corrected chi connectivity index (χ1v) is 15.9. The maximum Gasteiger partial charge on any atom is 0.0273 e. The Bertz CT molecular complexity index is 2160. The minimum absolute atomic E-state index is 0.0644. The molecule has 0 spiro atoms. The van der Waals surface area contributed by atoms with Gasteiger partial charge < -0.3 is 0 Å². The normalized spacial score (nSPS) is 14.4. The number of allylic oxidation sites excluding steroid dienone is 4. The first kappa shape index (κ1) is 29.0. The van der Waals surface area contributed by atoms with Gasteiger partial charge in [-0.3, -0.25) is 29.9 Å². The summed E-state index contributed by atoms with van der Waals surface area (Å²) in [6.45, 7) is 0. The molecule has 6 heteroatoms. The number of hydrogen-bond acceptors (Lipinski definition) is 6. The van der Waals surface area contributed by atoms with Crippen molar-refractivity contribution in [2.45, 2.75) is 12.3 Å². The van der Waals surface area contributed by atoms with Crippen LogP contribution in [-0.4, -0.2) is 29.9 Å². The molecule has 0 radical (unpaired) electrons. The minimum Gasteiger partial charge on any atom is -0.265 e. The lowest BCUT2D eigenvalue weighted by Gasteiger charge is -2.30. The second kappa shape index (κ2) is 13.1. The van der Waals surface area contributed by atoms with Crippen molar-refractivity contribution in [3.8, 4) is 33.4 Å². The molecule has 0 saturated heterocycles. The van der Waals surface area contributed by atoms with Crippen molar-refractivity contribution in [1.82, 2.24) is 29.9 Å². The van der Waals surface area contributed by atoms with Crippen LogP contribution in [0, 0.1) is 0 Å². The van der Waals surface area contributed by atoms with Gasteiger partial charge in [0.25, 0.3) is 0 Å². The Balaban J connectivity index is 1.41. The third kappa shape index (κ3) is 5.72. The smallest absolute Gasteiger partial charge is 0.0273 e. The zero-order valence-corrected chi connectivity index (χ0v) is 26.1. The van der Waals surface area contributed by atoms with E-state index in [-0.39, 0.29) is 5.92 Å². The molecule has 6 heterocycles. The summed E-state index contributed by atoms with van der Waals surface area (Å²) in [4.78, 5) is 26.0. The Morgan fingerprint density at radius 1 is 0.396 bits per heavy atom. The molecular formula is C42H30N6. The van der Waals surface area contributed by atoms with Crippen LogP contribution in [0.4, 0.5) is 0 Å². The predicted molar refractivity (Wildman–Crippen MR) is 191 cm³/mol. The molecule has 1 unspecified atom stereocenters. The summed E-state index contributed by atoms with van der Waals surface area (Å²) < 4.78 is 0. The number of pyridine rings is 6. The number of hydrogen-bond donors (Lipinski definition) is 0. The zero-order valence-electron chi connectivity index (χ0n) is 26.1. The summed E-state index contributed by atoms with van der Waals surface area (Å²) in [7, 11) is 0. The van der Waals surface area contributed by atoms with Crippen LogP contribution in [-0.2, 0) is 0 Å². The molecule has 1 aliphatic carbocycles. The highest BCUT2D eigenvalue weighted by Gasteiger charge is 2.28. The average Bonchev–Trinajstić information content (AvgIpc) is 3.19. The van der Waals surface area contributed by atoms with Gasteiger partial charge >= 0.3 is 0 Å². The second-order valence-electron chi connectivity index (χ2n) is 11.7. The molecule has 0 saturated carbocycles. The van der Waals surface area contributed by atoms with E-state index >= 15 is 0 Å². The van der Waals surface area contributed by atoms with Crippen LogP contribution in [0.15, 0.2) is 165 Å². The van der Waals surface area contributed by atoms with Crippen LogP contribution in [0.25, 0.3) is 50.1 Å². The average molecular weight is 619 g/mol. The van der Waals surface area contributed by atoms with Gasteiger partial charge in [-0.15, -0.1) is 0 Å². The van der Waals surface area contributed by atoms with Crippen LogP contribution >= 0.6 is 0 Å². The number of nitrogens with zero attached hydrogens (tertiary/aromatic N) is 6. The highest BCUT2D eigenvalue weighted by molar-refractivity contribution is 6.16. The van der Waals surface area contributed by atoms with Crippen LogP contribution in [0.1, 0.15) is 34.6 Å². The molecule has 0 aliphatic heterocycles. The van der Waals surface area contributed by atoms with Crippen molar-refractivity contribution >= 4 is 16.7 Å². The fraction of sp³-hybridized carbons (Fsp3) is 0.0476. The molecule has 0 N–H and O–H groups in total. The molecule has 1 aromatic carbocycles. The largest absolute Gasteiger partial charge is 0.265 e. The molecule has 6 nitrogen and oxygen atoms in total. The van der Waals surface area contributed by atoms with Crippen molar-refractivity contribution in [1.29, 1.82) is 0 Å². The van der Waals surface area contributed by atoms with Gasteiger partial charge in [0.1, 0.15) is 0 Å². The van der Waals surface area contributed by atoms with Crippen molar-refractivity contribution in [3.63, 3.8) is 0 Å². The summed E-state index contributed by atoms with van der Waals surface area (Å²) in [6.07, 6.45) is 25.6. The van der Waals surface area contributed by atoms with Crippen LogP contribution in [0.5, 0.6) is 0 Å². The molecule has 228 valence electrons. The van der Waals surface area contributed by atoms with E-state index in [0.717, 1.165) is 56.5 Å². The lowest BCUT2D eigenvalue weighted by atomic mass is 9.74. The Morgan fingerprint density at radius 2 is 0.771 bits per heavy atom. The van der Waals surface area contributed by atoms with Gasteiger partial charge in [-0.1, -0.05) is 6.08 Å². The molecule has 6 aromatic heterocycles. The number of aromatic nitrogens is 6. The lowest BCUT2D eigenvalue weighted by Crippen LogP contribution is -2.09. The van der Waals surface area contributed by atoms with Gasteiger partial charge in [-0.2, -0.15) is 0 Å². The molecule has 0 fully saturated rings. The van der Waals surface area contributed by atoms with Crippen molar-refractivity contribution in [3.05, 3.63) is 188 Å². The maximum absolute atomic E-state index is 4.35. The SMILES string of the molecule is C1=C(c2ccncc2)C(c2ccncc2)=C(c2ccncc2)CC1c1cc(-c2ccncc2)c(-c2ccncc2)c(-c2ccncc2)c1. The third-order valence-corrected chi connectivity index (χ3v) is 8.89. The third-order valence-electron chi connectivity index (χ3n) is 8.89. The molecule has 8 rings (SSSR count). The van der Waals surface area contributed by atoms with Crippen molar-refractivity contribution in [2.75, 3.05) is 0 Å². The minimum atomic E-state index is 0.0644. The number of rotatable bonds is 7. The molecule has 7 aromatic rings. The monoisotopic (exact) mass is 618 g/mol. The van der Waals surface area contributed by atoms with E-state index in [0.29, 0.717) is 0 Å². The molecule has 0 amide bonds. The van der Waals surface area contributed by atoms with Gasteiger partial charge in [0, 0.05) is 80.3 Å². The molecule has 1 atom stereocenters. The van der Waals surface area contributed by atoms with E-state index in [1.807, 2.05) is 74.4 Å². The fourth-order valence-corrected chi connectivity index (χ4v) is 6.70. The van der Waals surface area contributed by atoms with Gasteiger partial charge in [-0.25, -0.2) is 0 Å². The summed E-state index contributed by atoms with van der Waals surface area (Å²) in [5.74, 6) is 0.0644. The van der Waals surface area contributed by atoms with Crippen LogP contribution < -0.4 is 0 Å². The van der Waals surface area contributed by atoms with Crippen molar-refractivity contribution < 1.29 is 0 Å². The standard InChI is InChI=1S/C42H30N6/c1-13-43-14-2-29(1)37-25-35(26-38(30-3-15-44-16-4-30)41(37)33-9-21-47-22-10-33)36-27-39(31-5-17-45-18-6-31)42(34-11-23-48-24-12-34)40(28-36)32-7-19-46-20-8-32/h1-27,36H,28H2. The lowest BCUT2D eigenvalue weighted by molar-refractivity contribution is 0.873. The highest BCUT2D eigenvalue weighted by Crippen LogP contribution is 2.49. The number of benzene rings is 1. The van der Waals surface area contributed by atoms with Crippen molar-refractivity contribution in [2.24, 2.45) is 0 Å². The van der Waals surface area contributed by atoms with E-state index in [9.17, 15) is 0 Å². The first-order chi connectivity index (χ1) is 23.8. The molecular weight excluding hydrogens is 589 g/mol. The molecule has 0 bridgehead atoms. The van der Waals surface area contributed by atoms with Gasteiger partial charge in [0.2, 0.25) is 0 Å². The summed E-state index contributed by atoms with van der Waals surface area (Å²) in [5, 5.41) is 0. The van der Waals surface area contributed by atoms with Gasteiger partial charge in [-0.05, 0) is 164 Å². The molecule has 1 aliphatic rings. The Morgan fingerprint density at radius 3 is 1.23 bits per heavy atom. The summed E-state index contributed by atoms with van der Waals surface area (Å²) in [6, 6.07) is 29.8. The van der Waals surface area contributed by atoms with E-state index < -0.39 is 0 Å².